The lowest BCUT2D eigenvalue weighted by atomic mass is 9.36. The Hall–Kier alpha value is -2.88. The monoisotopic (exact) mass is 416 g/mol. The first-order valence-corrected chi connectivity index (χ1v) is 11.4. The summed E-state index contributed by atoms with van der Waals surface area (Å²) < 4.78 is 18.5. The fourth-order valence-corrected chi connectivity index (χ4v) is 3.69. The Labute approximate surface area is 187 Å². The van der Waals surface area contributed by atoms with Gasteiger partial charge in [0.05, 0.1) is 19.8 Å². The molecule has 162 valence electrons. The van der Waals surface area contributed by atoms with E-state index in [9.17, 15) is 0 Å². The van der Waals surface area contributed by atoms with E-state index in [1.165, 1.54) is 0 Å². The van der Waals surface area contributed by atoms with Crippen LogP contribution in [0.4, 0.5) is 0 Å². The van der Waals surface area contributed by atoms with Crippen LogP contribution in [0.5, 0.6) is 17.2 Å². The number of hydrogen-bond donors (Lipinski definition) is 0. The molecule has 0 saturated carbocycles. The van der Waals surface area contributed by atoms with E-state index >= 15 is 0 Å². The van der Waals surface area contributed by atoms with E-state index in [0.717, 1.165) is 52.9 Å². The van der Waals surface area contributed by atoms with Gasteiger partial charge in [-0.1, -0.05) is 75.4 Å². The van der Waals surface area contributed by atoms with Crippen LogP contribution >= 0.6 is 0 Å². The first-order valence-electron chi connectivity index (χ1n) is 11.4. The Morgan fingerprint density at radius 2 is 0.774 bits per heavy atom. The maximum absolute atomic E-state index is 6.17. The van der Waals surface area contributed by atoms with Crippen molar-refractivity contribution in [3.8, 4) is 17.2 Å². The van der Waals surface area contributed by atoms with E-state index in [-0.39, 0.29) is 6.71 Å². The van der Waals surface area contributed by atoms with Crippen LogP contribution in [0.25, 0.3) is 0 Å². The molecule has 0 aliphatic rings. The number of benzene rings is 3. The van der Waals surface area contributed by atoms with E-state index in [0.29, 0.717) is 19.8 Å². The molecule has 0 saturated heterocycles. The zero-order valence-electron chi connectivity index (χ0n) is 19.0. The SMILES string of the molecule is CCCOc1ccccc1B(c1ccccc1OCCC)c1ccccc1OCCC. The Balaban J connectivity index is 2.18. The van der Waals surface area contributed by atoms with Gasteiger partial charge in [-0.25, -0.2) is 0 Å². The van der Waals surface area contributed by atoms with Gasteiger partial charge in [-0.15, -0.1) is 0 Å². The van der Waals surface area contributed by atoms with Crippen LogP contribution in [0, 0.1) is 0 Å². The highest BCUT2D eigenvalue weighted by Gasteiger charge is 2.30. The van der Waals surface area contributed by atoms with Crippen molar-refractivity contribution in [2.24, 2.45) is 0 Å². The second kappa shape index (κ2) is 12.1. The normalized spacial score (nSPS) is 10.5. The average molecular weight is 416 g/mol. The van der Waals surface area contributed by atoms with Crippen molar-refractivity contribution in [1.29, 1.82) is 0 Å². The largest absolute Gasteiger partial charge is 0.494 e. The Kier molecular flexibility index (Phi) is 8.90. The molecule has 0 radical (unpaired) electrons. The van der Waals surface area contributed by atoms with Gasteiger partial charge in [0.1, 0.15) is 17.2 Å². The van der Waals surface area contributed by atoms with Gasteiger partial charge < -0.3 is 14.2 Å². The third-order valence-electron chi connectivity index (χ3n) is 5.08. The van der Waals surface area contributed by atoms with E-state index < -0.39 is 0 Å². The van der Waals surface area contributed by atoms with Gasteiger partial charge >= 0.3 is 0 Å². The molecule has 4 heteroatoms. The molecular weight excluding hydrogens is 383 g/mol. The predicted molar refractivity (Wildman–Crippen MR) is 131 cm³/mol. The zero-order valence-corrected chi connectivity index (χ0v) is 19.0. The summed E-state index contributed by atoms with van der Waals surface area (Å²) >= 11 is 0. The Bertz CT molecular complexity index is 819. The lowest BCUT2D eigenvalue weighted by Gasteiger charge is -2.23. The highest BCUT2D eigenvalue weighted by Crippen LogP contribution is 2.17. The highest BCUT2D eigenvalue weighted by atomic mass is 16.5. The summed E-state index contributed by atoms with van der Waals surface area (Å²) in [6.07, 6.45) is 2.89. The van der Waals surface area contributed by atoms with Crippen LogP contribution < -0.4 is 30.6 Å². The summed E-state index contributed by atoms with van der Waals surface area (Å²) in [6, 6.07) is 25.0. The second-order valence-corrected chi connectivity index (χ2v) is 7.59. The lowest BCUT2D eigenvalue weighted by Crippen LogP contribution is -2.53. The molecule has 3 nitrogen and oxygen atoms in total. The minimum Gasteiger partial charge on any atom is -0.494 e. The molecule has 0 fully saturated rings. The van der Waals surface area contributed by atoms with Crippen LogP contribution in [0.1, 0.15) is 40.0 Å². The zero-order chi connectivity index (χ0) is 21.9. The summed E-state index contributed by atoms with van der Waals surface area (Å²) in [5, 5.41) is 0. The summed E-state index contributed by atoms with van der Waals surface area (Å²) in [5.74, 6) is 2.72. The van der Waals surface area contributed by atoms with Crippen LogP contribution in [-0.2, 0) is 0 Å². The van der Waals surface area contributed by atoms with Crippen molar-refractivity contribution in [3.05, 3.63) is 72.8 Å². The maximum Gasteiger partial charge on any atom is 0.255 e. The van der Waals surface area contributed by atoms with Crippen LogP contribution in [0.2, 0.25) is 0 Å². The molecule has 0 bridgehead atoms. The van der Waals surface area contributed by atoms with Gasteiger partial charge in [0, 0.05) is 0 Å². The third kappa shape index (κ3) is 5.84. The van der Waals surface area contributed by atoms with Gasteiger partial charge in [0.15, 0.2) is 0 Å². The molecule has 0 heterocycles. The fraction of sp³-hybridized carbons (Fsp3) is 0.333. The van der Waals surface area contributed by atoms with E-state index in [2.05, 4.69) is 75.4 Å². The average Bonchev–Trinajstić information content (AvgIpc) is 2.82. The lowest BCUT2D eigenvalue weighted by molar-refractivity contribution is 0.318. The van der Waals surface area contributed by atoms with Crippen LogP contribution in [0.15, 0.2) is 72.8 Å². The van der Waals surface area contributed by atoms with Crippen molar-refractivity contribution in [3.63, 3.8) is 0 Å². The quantitative estimate of drug-likeness (QED) is 0.405. The van der Waals surface area contributed by atoms with Gasteiger partial charge in [-0.05, 0) is 53.8 Å². The van der Waals surface area contributed by atoms with Crippen LogP contribution in [-0.4, -0.2) is 26.5 Å². The first kappa shape index (κ1) is 22.8. The number of rotatable bonds is 12. The molecule has 0 aromatic heterocycles. The molecule has 0 atom stereocenters. The topological polar surface area (TPSA) is 27.7 Å². The fourth-order valence-electron chi connectivity index (χ4n) is 3.69. The first-order chi connectivity index (χ1) is 15.3. The molecule has 0 aliphatic carbocycles. The Morgan fingerprint density at radius 3 is 1.06 bits per heavy atom. The maximum atomic E-state index is 6.17. The number of ether oxygens (including phenoxy) is 3. The summed E-state index contributed by atoms with van der Waals surface area (Å²) in [6.45, 7) is 8.38. The van der Waals surface area contributed by atoms with Crippen molar-refractivity contribution >= 4 is 23.1 Å². The molecule has 31 heavy (non-hydrogen) atoms. The Morgan fingerprint density at radius 1 is 0.484 bits per heavy atom. The second-order valence-electron chi connectivity index (χ2n) is 7.59. The molecule has 0 spiro atoms. The summed E-state index contributed by atoms with van der Waals surface area (Å²) in [4.78, 5) is 0. The van der Waals surface area contributed by atoms with E-state index in [1.807, 2.05) is 18.2 Å². The third-order valence-corrected chi connectivity index (χ3v) is 5.08. The molecule has 3 aromatic rings. The summed E-state index contributed by atoms with van der Waals surface area (Å²) in [7, 11) is 0. The van der Waals surface area contributed by atoms with Crippen molar-refractivity contribution in [2.45, 2.75) is 40.0 Å². The molecule has 0 unspecified atom stereocenters. The highest BCUT2D eigenvalue weighted by molar-refractivity contribution is 6.97. The predicted octanol–water partition coefficient (Wildman–Crippen LogP) is 4.57. The number of hydrogen-bond acceptors (Lipinski definition) is 3. The van der Waals surface area contributed by atoms with Crippen molar-refractivity contribution in [2.75, 3.05) is 19.8 Å². The van der Waals surface area contributed by atoms with Gasteiger partial charge in [0.2, 0.25) is 0 Å². The van der Waals surface area contributed by atoms with Gasteiger partial charge in [-0.2, -0.15) is 0 Å². The van der Waals surface area contributed by atoms with Crippen molar-refractivity contribution < 1.29 is 14.2 Å². The van der Waals surface area contributed by atoms with Gasteiger partial charge in [-0.3, -0.25) is 0 Å². The van der Waals surface area contributed by atoms with Crippen LogP contribution in [0.3, 0.4) is 0 Å². The number of para-hydroxylation sites is 3. The molecule has 0 aliphatic heterocycles. The smallest absolute Gasteiger partial charge is 0.255 e. The molecule has 0 N–H and O–H groups in total. The molecule has 0 amide bonds. The standard InChI is InChI=1S/C27H33BO3/c1-4-19-29-25-16-10-7-13-22(25)28(23-14-8-11-17-26(23)30-20-5-2)24-15-9-12-18-27(24)31-21-6-3/h7-18H,4-6,19-21H2,1-3H3. The van der Waals surface area contributed by atoms with Crippen molar-refractivity contribution in [1.82, 2.24) is 0 Å². The molecule has 3 aromatic carbocycles. The molecule has 3 rings (SSSR count). The minimum atomic E-state index is -0.0610. The summed E-state index contributed by atoms with van der Waals surface area (Å²) in [5.41, 5.74) is 3.36. The minimum absolute atomic E-state index is 0.0610. The van der Waals surface area contributed by atoms with E-state index in [4.69, 9.17) is 14.2 Å². The van der Waals surface area contributed by atoms with Gasteiger partial charge in [0.25, 0.3) is 6.71 Å². The molecular formula is C27H33BO3. The van der Waals surface area contributed by atoms with E-state index in [1.54, 1.807) is 0 Å².